The van der Waals surface area contributed by atoms with E-state index in [4.69, 9.17) is 4.98 Å². The number of anilines is 1. The quantitative estimate of drug-likeness (QED) is 0.333. The van der Waals surface area contributed by atoms with Gasteiger partial charge in [0.15, 0.2) is 5.16 Å². The van der Waals surface area contributed by atoms with Crippen LogP contribution in [0, 0.1) is 6.92 Å². The van der Waals surface area contributed by atoms with Gasteiger partial charge in [0.2, 0.25) is 5.91 Å². The van der Waals surface area contributed by atoms with E-state index < -0.39 is 0 Å². The molecule has 1 amide bonds. The molecule has 0 saturated carbocycles. The molecule has 6 nitrogen and oxygen atoms in total. The van der Waals surface area contributed by atoms with Crippen molar-refractivity contribution in [2.45, 2.75) is 32.0 Å². The summed E-state index contributed by atoms with van der Waals surface area (Å²) in [4.78, 5) is 30.8. The van der Waals surface area contributed by atoms with Crippen molar-refractivity contribution in [1.29, 1.82) is 0 Å². The first-order valence-electron chi connectivity index (χ1n) is 10.5. The zero-order chi connectivity index (χ0) is 22.8. The van der Waals surface area contributed by atoms with Crippen molar-refractivity contribution in [1.82, 2.24) is 14.1 Å². The summed E-state index contributed by atoms with van der Waals surface area (Å²) in [6.45, 7) is 5.90. The van der Waals surface area contributed by atoms with Gasteiger partial charge in [-0.1, -0.05) is 59.8 Å². The van der Waals surface area contributed by atoms with Crippen LogP contribution in [0.3, 0.4) is 0 Å². The van der Waals surface area contributed by atoms with E-state index in [0.29, 0.717) is 16.2 Å². The zero-order valence-corrected chi connectivity index (χ0v) is 19.4. The Morgan fingerprint density at radius 1 is 1.09 bits per heavy atom. The Hall–Kier alpha value is -3.32. The van der Waals surface area contributed by atoms with Crippen LogP contribution >= 0.6 is 11.8 Å². The van der Waals surface area contributed by atoms with Crippen LogP contribution in [-0.4, -0.2) is 25.8 Å². The van der Waals surface area contributed by atoms with Crippen LogP contribution in [0.15, 0.2) is 70.7 Å². The first-order valence-corrected chi connectivity index (χ1v) is 11.5. The maximum atomic E-state index is 13.4. The van der Waals surface area contributed by atoms with Gasteiger partial charge in [-0.15, -0.1) is 0 Å². The van der Waals surface area contributed by atoms with Crippen molar-refractivity contribution in [2.24, 2.45) is 7.05 Å². The fourth-order valence-corrected chi connectivity index (χ4v) is 4.60. The molecule has 0 aliphatic rings. The molecule has 0 saturated heterocycles. The number of hydrogen-bond donors (Lipinski definition) is 1. The van der Waals surface area contributed by atoms with Gasteiger partial charge in [0.05, 0.1) is 5.75 Å². The van der Waals surface area contributed by atoms with E-state index >= 15 is 0 Å². The lowest BCUT2D eigenvalue weighted by Crippen LogP contribution is -2.26. The van der Waals surface area contributed by atoms with Crippen LogP contribution in [0.4, 0.5) is 5.69 Å². The minimum absolute atomic E-state index is 0.0860. The molecule has 0 unspecified atom stereocenters. The lowest BCUT2D eigenvalue weighted by molar-refractivity contribution is -0.113. The van der Waals surface area contributed by atoms with Crippen LogP contribution in [0.1, 0.15) is 25.5 Å². The minimum atomic E-state index is -0.139. The lowest BCUT2D eigenvalue weighted by atomic mass is 10.1. The third-order valence-corrected chi connectivity index (χ3v) is 6.21. The summed E-state index contributed by atoms with van der Waals surface area (Å²) in [6, 6.07) is 17.5. The molecule has 2 aromatic heterocycles. The van der Waals surface area contributed by atoms with E-state index in [1.165, 1.54) is 11.8 Å². The van der Waals surface area contributed by atoms with Crippen LogP contribution in [0.2, 0.25) is 0 Å². The maximum absolute atomic E-state index is 13.4. The van der Waals surface area contributed by atoms with Crippen LogP contribution in [-0.2, 0) is 11.8 Å². The Morgan fingerprint density at radius 3 is 2.44 bits per heavy atom. The Kier molecular flexibility index (Phi) is 6.19. The number of fused-ring (bicyclic) bond motifs is 1. The van der Waals surface area contributed by atoms with Crippen LogP contribution in [0.5, 0.6) is 0 Å². The molecule has 0 bridgehead atoms. The lowest BCUT2D eigenvalue weighted by Gasteiger charge is -2.16. The van der Waals surface area contributed by atoms with E-state index in [1.54, 1.807) is 4.57 Å². The first-order chi connectivity index (χ1) is 15.3. The second kappa shape index (κ2) is 9.04. The summed E-state index contributed by atoms with van der Waals surface area (Å²) >= 11 is 1.28. The summed E-state index contributed by atoms with van der Waals surface area (Å²) in [6.07, 6.45) is 1.94. The summed E-state index contributed by atoms with van der Waals surface area (Å²) in [5.74, 6) is 0.0197. The minimum Gasteiger partial charge on any atom is -0.344 e. The van der Waals surface area contributed by atoms with E-state index in [-0.39, 0.29) is 23.3 Å². The molecule has 0 aliphatic heterocycles. The van der Waals surface area contributed by atoms with Crippen molar-refractivity contribution >= 4 is 34.4 Å². The largest absolute Gasteiger partial charge is 0.344 e. The van der Waals surface area contributed by atoms with Crippen LogP contribution in [0.25, 0.3) is 22.2 Å². The predicted molar refractivity (Wildman–Crippen MR) is 131 cm³/mol. The number of carbonyl (C=O) groups is 1. The topological polar surface area (TPSA) is 68.9 Å². The Labute approximate surface area is 191 Å². The summed E-state index contributed by atoms with van der Waals surface area (Å²) in [5, 5.41) is 3.44. The number of hydrogen-bond acceptors (Lipinski definition) is 4. The summed E-state index contributed by atoms with van der Waals surface area (Å²) < 4.78 is 3.51. The SMILES string of the molecule is Cc1ccc(NC(=O)CSc2nc3c(-c4ccccc4)cn(C)c3c(=O)n2C(C)C)cc1. The monoisotopic (exact) mass is 446 g/mol. The smallest absolute Gasteiger partial charge is 0.278 e. The molecule has 1 N–H and O–H groups in total. The number of rotatable bonds is 6. The van der Waals surface area contributed by atoms with Crippen molar-refractivity contribution in [2.75, 3.05) is 11.1 Å². The number of amides is 1. The number of aryl methyl sites for hydroxylation is 2. The summed E-state index contributed by atoms with van der Waals surface area (Å²) in [5.41, 5.74) is 4.90. The first kappa shape index (κ1) is 21.9. The van der Waals surface area contributed by atoms with E-state index in [1.807, 2.05) is 93.2 Å². The Morgan fingerprint density at radius 2 is 1.78 bits per heavy atom. The molecule has 164 valence electrons. The van der Waals surface area contributed by atoms with Gasteiger partial charge >= 0.3 is 0 Å². The molecular weight excluding hydrogens is 420 g/mol. The highest BCUT2D eigenvalue weighted by Crippen LogP contribution is 2.30. The van der Waals surface area contributed by atoms with Gasteiger partial charge in [-0.05, 0) is 38.5 Å². The van der Waals surface area contributed by atoms with E-state index in [0.717, 1.165) is 22.4 Å². The number of aromatic nitrogens is 3. The molecule has 0 spiro atoms. The van der Waals surface area contributed by atoms with Gasteiger partial charge in [0.25, 0.3) is 5.56 Å². The Bertz CT molecular complexity index is 1320. The van der Waals surface area contributed by atoms with Crippen molar-refractivity contribution < 1.29 is 4.79 Å². The highest BCUT2D eigenvalue weighted by Gasteiger charge is 2.20. The average Bonchev–Trinajstić information content (AvgIpc) is 3.11. The van der Waals surface area contributed by atoms with Crippen molar-refractivity contribution in [3.8, 4) is 11.1 Å². The van der Waals surface area contributed by atoms with E-state index in [2.05, 4.69) is 5.32 Å². The number of benzene rings is 2. The maximum Gasteiger partial charge on any atom is 0.278 e. The second-order valence-electron chi connectivity index (χ2n) is 8.08. The summed E-state index contributed by atoms with van der Waals surface area (Å²) in [7, 11) is 1.87. The molecule has 0 radical (unpaired) electrons. The zero-order valence-electron chi connectivity index (χ0n) is 18.6. The molecule has 2 heterocycles. The number of nitrogens with zero attached hydrogens (tertiary/aromatic N) is 3. The van der Waals surface area contributed by atoms with Crippen LogP contribution < -0.4 is 10.9 Å². The van der Waals surface area contributed by atoms with Gasteiger partial charge in [-0.2, -0.15) is 0 Å². The number of carbonyl (C=O) groups excluding carboxylic acids is 1. The molecule has 2 aromatic carbocycles. The van der Waals surface area contributed by atoms with Gasteiger partial charge in [0, 0.05) is 30.5 Å². The molecule has 0 fully saturated rings. The second-order valence-corrected chi connectivity index (χ2v) is 9.03. The molecule has 4 rings (SSSR count). The highest BCUT2D eigenvalue weighted by molar-refractivity contribution is 7.99. The van der Waals surface area contributed by atoms with Gasteiger partial charge in [-0.3, -0.25) is 14.2 Å². The number of thioether (sulfide) groups is 1. The fraction of sp³-hybridized carbons (Fsp3) is 0.240. The van der Waals surface area contributed by atoms with Crippen molar-refractivity contribution in [3.63, 3.8) is 0 Å². The van der Waals surface area contributed by atoms with Gasteiger partial charge in [0.1, 0.15) is 11.0 Å². The highest BCUT2D eigenvalue weighted by atomic mass is 32.2. The normalized spacial score (nSPS) is 11.3. The molecular formula is C25H26N4O2S. The number of nitrogens with one attached hydrogen (secondary N) is 1. The standard InChI is InChI=1S/C25H26N4O2S/c1-16(2)29-24(31)23-22(20(14-28(23)4)18-8-6-5-7-9-18)27-25(29)32-15-21(30)26-19-12-10-17(3)11-13-19/h5-14,16H,15H2,1-4H3,(H,26,30). The van der Waals surface area contributed by atoms with Crippen molar-refractivity contribution in [3.05, 3.63) is 76.7 Å². The van der Waals surface area contributed by atoms with Gasteiger partial charge < -0.3 is 9.88 Å². The molecule has 4 aromatic rings. The molecule has 0 aliphatic carbocycles. The third-order valence-electron chi connectivity index (χ3n) is 5.26. The van der Waals surface area contributed by atoms with Gasteiger partial charge in [-0.25, -0.2) is 4.98 Å². The molecule has 7 heteroatoms. The molecule has 32 heavy (non-hydrogen) atoms. The average molecular weight is 447 g/mol. The predicted octanol–water partition coefficient (Wildman–Crippen LogP) is 5.02. The van der Waals surface area contributed by atoms with E-state index in [9.17, 15) is 9.59 Å². The third kappa shape index (κ3) is 4.34. The molecule has 0 atom stereocenters. The Balaban J connectivity index is 1.69. The fourth-order valence-electron chi connectivity index (χ4n) is 3.68.